The molecule has 0 aliphatic carbocycles. The molecule has 2 N–H and O–H groups in total. The van der Waals surface area contributed by atoms with Gasteiger partial charge >= 0.3 is 0 Å². The molecule has 2 aromatic carbocycles. The zero-order chi connectivity index (χ0) is 23.8. The second-order valence-corrected chi connectivity index (χ2v) is 9.67. The number of rotatable bonds is 9. The van der Waals surface area contributed by atoms with Gasteiger partial charge in [0.05, 0.1) is 6.54 Å². The number of carbonyl (C=O) groups excluding carboxylic acids is 2. The maximum atomic E-state index is 12.5. The molecular weight excluding hydrogens is 446 g/mol. The number of carbonyl (C=O) groups is 2. The summed E-state index contributed by atoms with van der Waals surface area (Å²) in [5.41, 5.74) is 3.17. The van der Waals surface area contributed by atoms with Crippen molar-refractivity contribution in [1.29, 1.82) is 0 Å². The third-order valence-corrected chi connectivity index (χ3v) is 6.98. The predicted octanol–water partition coefficient (Wildman–Crippen LogP) is 4.07. The van der Waals surface area contributed by atoms with E-state index in [1.54, 1.807) is 0 Å². The highest BCUT2D eigenvalue weighted by Gasteiger charge is 2.22. The van der Waals surface area contributed by atoms with Crippen LogP contribution >= 0.6 is 11.3 Å². The van der Waals surface area contributed by atoms with Crippen LogP contribution in [-0.4, -0.2) is 46.0 Å². The van der Waals surface area contributed by atoms with Crippen molar-refractivity contribution < 1.29 is 9.59 Å². The summed E-state index contributed by atoms with van der Waals surface area (Å²) in [6, 6.07) is 18.1. The van der Waals surface area contributed by atoms with Crippen molar-refractivity contribution in [3.8, 4) is 0 Å². The fourth-order valence-corrected chi connectivity index (χ4v) is 4.82. The van der Waals surface area contributed by atoms with Crippen LogP contribution in [0.3, 0.4) is 0 Å². The second kappa shape index (κ2) is 11.9. The molecule has 1 aliphatic heterocycles. The molecule has 8 heteroatoms. The normalized spacial score (nSPS) is 14.6. The zero-order valence-electron chi connectivity index (χ0n) is 19.5. The van der Waals surface area contributed by atoms with Crippen LogP contribution in [0.2, 0.25) is 0 Å². The van der Waals surface area contributed by atoms with Gasteiger partial charge in [-0.3, -0.25) is 14.5 Å². The van der Waals surface area contributed by atoms with Crippen LogP contribution in [-0.2, 0) is 24.2 Å². The van der Waals surface area contributed by atoms with Gasteiger partial charge in [-0.25, -0.2) is 0 Å². The molecule has 1 fully saturated rings. The molecule has 0 spiro atoms. The highest BCUT2D eigenvalue weighted by molar-refractivity contribution is 7.13. The van der Waals surface area contributed by atoms with Crippen LogP contribution in [0, 0.1) is 0 Å². The topological polar surface area (TPSA) is 87.2 Å². The summed E-state index contributed by atoms with van der Waals surface area (Å²) in [6.07, 6.45) is 4.07. The lowest BCUT2D eigenvalue weighted by Gasteiger charge is -2.31. The minimum Gasteiger partial charge on any atom is -0.353 e. The van der Waals surface area contributed by atoms with E-state index in [1.807, 2.05) is 42.5 Å². The summed E-state index contributed by atoms with van der Waals surface area (Å²) in [7, 11) is 0. The third-order valence-electron chi connectivity index (χ3n) is 6.08. The van der Waals surface area contributed by atoms with E-state index >= 15 is 0 Å². The molecular formula is C26H31N5O2S. The first-order chi connectivity index (χ1) is 16.6. The van der Waals surface area contributed by atoms with Crippen LogP contribution < -0.4 is 10.6 Å². The number of nitrogens with zero attached hydrogens (tertiary/aromatic N) is 3. The van der Waals surface area contributed by atoms with E-state index in [9.17, 15) is 9.59 Å². The number of nitrogens with one attached hydrogen (secondary N) is 2. The van der Waals surface area contributed by atoms with Crippen LogP contribution in [0.25, 0.3) is 0 Å². The lowest BCUT2D eigenvalue weighted by Crippen LogP contribution is -2.44. The molecule has 178 valence electrons. The summed E-state index contributed by atoms with van der Waals surface area (Å²) >= 11 is 1.33. The molecule has 2 amide bonds. The van der Waals surface area contributed by atoms with E-state index in [0.717, 1.165) is 49.5 Å². The average Bonchev–Trinajstić information content (AvgIpc) is 3.34. The summed E-state index contributed by atoms with van der Waals surface area (Å²) in [4.78, 5) is 27.1. The lowest BCUT2D eigenvalue weighted by atomic mass is 10.0. The minimum atomic E-state index is -0.232. The van der Waals surface area contributed by atoms with Crippen molar-refractivity contribution in [3.63, 3.8) is 0 Å². The van der Waals surface area contributed by atoms with Crippen molar-refractivity contribution in [2.24, 2.45) is 0 Å². The Kier molecular flexibility index (Phi) is 8.38. The molecule has 1 saturated heterocycles. The maximum Gasteiger partial charge on any atom is 0.286 e. The Morgan fingerprint density at radius 1 is 1.00 bits per heavy atom. The Morgan fingerprint density at radius 2 is 1.74 bits per heavy atom. The number of anilines is 1. The number of aryl methyl sites for hydroxylation is 2. The van der Waals surface area contributed by atoms with Crippen LogP contribution in [0.4, 0.5) is 5.69 Å². The summed E-state index contributed by atoms with van der Waals surface area (Å²) in [5, 5.41) is 15.6. The van der Waals surface area contributed by atoms with E-state index in [-0.39, 0.29) is 17.9 Å². The molecule has 1 aliphatic rings. The van der Waals surface area contributed by atoms with E-state index in [0.29, 0.717) is 18.0 Å². The smallest absolute Gasteiger partial charge is 0.286 e. The van der Waals surface area contributed by atoms with Crippen molar-refractivity contribution >= 4 is 28.8 Å². The van der Waals surface area contributed by atoms with Gasteiger partial charge in [-0.05, 0) is 48.9 Å². The highest BCUT2D eigenvalue weighted by Crippen LogP contribution is 2.18. The molecule has 34 heavy (non-hydrogen) atoms. The van der Waals surface area contributed by atoms with E-state index < -0.39 is 0 Å². The molecule has 0 unspecified atom stereocenters. The number of benzene rings is 2. The predicted molar refractivity (Wildman–Crippen MR) is 135 cm³/mol. The molecule has 7 nitrogen and oxygen atoms in total. The molecule has 0 saturated carbocycles. The van der Waals surface area contributed by atoms with E-state index in [4.69, 9.17) is 0 Å². The number of amides is 2. The summed E-state index contributed by atoms with van der Waals surface area (Å²) in [5.74, 6) is -0.115. The average molecular weight is 478 g/mol. The number of piperidine rings is 1. The minimum absolute atomic E-state index is 0.117. The molecule has 0 radical (unpaired) electrons. The van der Waals surface area contributed by atoms with Crippen LogP contribution in [0.1, 0.15) is 52.1 Å². The molecule has 3 aromatic rings. The van der Waals surface area contributed by atoms with Gasteiger partial charge in [0, 0.05) is 31.2 Å². The van der Waals surface area contributed by atoms with Gasteiger partial charge in [-0.2, -0.15) is 0 Å². The van der Waals surface area contributed by atoms with E-state index in [1.165, 1.54) is 22.5 Å². The highest BCUT2D eigenvalue weighted by atomic mass is 32.1. The number of hydrogen-bond acceptors (Lipinski definition) is 6. The first-order valence-electron chi connectivity index (χ1n) is 11.9. The number of aromatic nitrogens is 2. The quantitative estimate of drug-likeness (QED) is 0.485. The fraction of sp³-hybridized carbons (Fsp3) is 0.385. The third kappa shape index (κ3) is 6.95. The molecule has 1 aromatic heterocycles. The van der Waals surface area contributed by atoms with Gasteiger partial charge < -0.3 is 10.6 Å². The SMILES string of the molecule is CCc1ccc(NC(=O)c2nnc(CN3CCC(NC(=O)CCc4ccccc4)CC3)s2)cc1. The largest absolute Gasteiger partial charge is 0.353 e. The molecule has 2 heterocycles. The van der Waals surface area contributed by atoms with Gasteiger partial charge in [0.25, 0.3) is 5.91 Å². The van der Waals surface area contributed by atoms with Crippen molar-refractivity contribution in [2.45, 2.75) is 51.6 Å². The zero-order valence-corrected chi connectivity index (χ0v) is 20.3. The molecule has 0 bridgehead atoms. The second-order valence-electron chi connectivity index (χ2n) is 8.61. The Morgan fingerprint density at radius 3 is 2.44 bits per heavy atom. The van der Waals surface area contributed by atoms with Gasteiger partial charge in [0.1, 0.15) is 5.01 Å². The monoisotopic (exact) mass is 477 g/mol. The Bertz CT molecular complexity index is 1080. The number of hydrogen-bond donors (Lipinski definition) is 2. The standard InChI is InChI=1S/C26H31N5O2S/c1-2-19-8-11-21(12-9-19)28-25(33)26-30-29-24(34-26)18-31-16-14-22(15-17-31)27-23(32)13-10-20-6-4-3-5-7-20/h3-9,11-12,22H,2,10,13-18H2,1H3,(H,27,32)(H,28,33). The lowest BCUT2D eigenvalue weighted by molar-refractivity contribution is -0.122. The summed E-state index contributed by atoms with van der Waals surface area (Å²) < 4.78 is 0. The Balaban J connectivity index is 1.18. The van der Waals surface area contributed by atoms with Gasteiger partial charge in [-0.15, -0.1) is 10.2 Å². The van der Waals surface area contributed by atoms with Gasteiger partial charge in [-0.1, -0.05) is 60.7 Å². The fourth-order valence-electron chi connectivity index (χ4n) is 4.05. The van der Waals surface area contributed by atoms with Gasteiger partial charge in [0.15, 0.2) is 0 Å². The first-order valence-corrected chi connectivity index (χ1v) is 12.7. The van der Waals surface area contributed by atoms with Crippen LogP contribution in [0.5, 0.6) is 0 Å². The number of likely N-dealkylation sites (tertiary alicyclic amines) is 1. The van der Waals surface area contributed by atoms with Crippen molar-refractivity contribution in [2.75, 3.05) is 18.4 Å². The van der Waals surface area contributed by atoms with Crippen molar-refractivity contribution in [3.05, 3.63) is 75.7 Å². The maximum absolute atomic E-state index is 12.5. The Hall–Kier alpha value is -3.10. The Labute approximate surface area is 204 Å². The van der Waals surface area contributed by atoms with Crippen molar-refractivity contribution in [1.82, 2.24) is 20.4 Å². The van der Waals surface area contributed by atoms with Gasteiger partial charge in [0.2, 0.25) is 10.9 Å². The molecule has 0 atom stereocenters. The van der Waals surface area contributed by atoms with E-state index in [2.05, 4.69) is 44.8 Å². The summed E-state index contributed by atoms with van der Waals surface area (Å²) in [6.45, 7) is 4.54. The van der Waals surface area contributed by atoms with Crippen LogP contribution in [0.15, 0.2) is 54.6 Å². The first kappa shape index (κ1) is 24.0. The molecule has 4 rings (SSSR count).